The molecule has 0 N–H and O–H groups in total. The van der Waals surface area contributed by atoms with Gasteiger partial charge < -0.3 is 0 Å². The van der Waals surface area contributed by atoms with E-state index < -0.39 is 0 Å². The van der Waals surface area contributed by atoms with Gasteiger partial charge in [0.05, 0.1) is 5.41 Å². The van der Waals surface area contributed by atoms with Crippen LogP contribution in [0.3, 0.4) is 0 Å². The highest BCUT2D eigenvalue weighted by Gasteiger charge is 2.42. The van der Waals surface area contributed by atoms with Gasteiger partial charge in [-0.25, -0.2) is 0 Å². The third kappa shape index (κ3) is 2.43. The lowest BCUT2D eigenvalue weighted by Crippen LogP contribution is -2.26. The number of allylic oxidation sites excluding steroid dienone is 1. The maximum absolute atomic E-state index is 5.93. The first-order valence-electron chi connectivity index (χ1n) is 7.14. The van der Waals surface area contributed by atoms with E-state index in [1.165, 1.54) is 17.0 Å². The van der Waals surface area contributed by atoms with Gasteiger partial charge in [-0.3, -0.25) is 0 Å². The molecule has 1 heterocycles. The molecule has 1 aliphatic rings. The molecule has 106 valence electrons. The van der Waals surface area contributed by atoms with Crippen molar-refractivity contribution in [2.75, 3.05) is 7.05 Å². The van der Waals surface area contributed by atoms with E-state index in [9.17, 15) is 0 Å². The van der Waals surface area contributed by atoms with Crippen molar-refractivity contribution < 1.29 is 4.58 Å². The lowest BCUT2D eigenvalue weighted by molar-refractivity contribution is -0.401. The van der Waals surface area contributed by atoms with Crippen LogP contribution < -0.4 is 0 Å². The molecule has 1 nitrogen and oxygen atoms in total. The minimum absolute atomic E-state index is 0.0221. The predicted molar refractivity (Wildman–Crippen MR) is 90.8 cm³/mol. The Morgan fingerprint density at radius 1 is 0.952 bits per heavy atom. The van der Waals surface area contributed by atoms with Crippen molar-refractivity contribution in [2.45, 2.75) is 19.3 Å². The van der Waals surface area contributed by atoms with Crippen molar-refractivity contribution >= 4 is 29.1 Å². The van der Waals surface area contributed by atoms with Crippen LogP contribution in [-0.2, 0) is 5.41 Å². The van der Waals surface area contributed by atoms with Gasteiger partial charge in [0.2, 0.25) is 5.69 Å². The first kappa shape index (κ1) is 14.1. The molecule has 1 aliphatic heterocycles. The minimum Gasteiger partial charge on any atom is -0.198 e. The first-order valence-corrected chi connectivity index (χ1v) is 7.52. The highest BCUT2D eigenvalue weighted by atomic mass is 35.5. The Labute approximate surface area is 131 Å². The number of nitrogens with zero attached hydrogens (tertiary/aromatic N) is 1. The Morgan fingerprint density at radius 2 is 1.62 bits per heavy atom. The summed E-state index contributed by atoms with van der Waals surface area (Å²) in [5.74, 6) is 0. The Balaban J connectivity index is 2.00. The summed E-state index contributed by atoms with van der Waals surface area (Å²) in [5.41, 5.74) is 5.15. The number of benzene rings is 2. The van der Waals surface area contributed by atoms with Crippen LogP contribution in [0.2, 0.25) is 5.02 Å². The van der Waals surface area contributed by atoms with Gasteiger partial charge in [0.15, 0.2) is 5.71 Å². The number of halogens is 1. The van der Waals surface area contributed by atoms with E-state index in [-0.39, 0.29) is 5.41 Å². The van der Waals surface area contributed by atoms with Gasteiger partial charge in [-0.15, -0.1) is 0 Å². The minimum atomic E-state index is 0.0221. The molecule has 2 aromatic carbocycles. The quantitative estimate of drug-likeness (QED) is 0.682. The van der Waals surface area contributed by atoms with Gasteiger partial charge in [0.25, 0.3) is 0 Å². The van der Waals surface area contributed by atoms with Gasteiger partial charge in [-0.1, -0.05) is 41.9 Å². The molecule has 2 heteroatoms. The summed E-state index contributed by atoms with van der Waals surface area (Å²) in [6.45, 7) is 4.55. The average Bonchev–Trinajstić information content (AvgIpc) is 2.67. The van der Waals surface area contributed by atoms with Crippen molar-refractivity contribution in [3.63, 3.8) is 0 Å². The van der Waals surface area contributed by atoms with Crippen LogP contribution >= 0.6 is 11.6 Å². The van der Waals surface area contributed by atoms with Crippen LogP contribution in [0.15, 0.2) is 54.6 Å². The normalized spacial score (nSPS) is 16.6. The molecule has 0 radical (unpaired) electrons. The van der Waals surface area contributed by atoms with Gasteiger partial charge in [-0.05, 0) is 37.6 Å². The third-order valence-corrected chi connectivity index (χ3v) is 4.50. The fourth-order valence-corrected chi connectivity index (χ4v) is 3.18. The van der Waals surface area contributed by atoms with Crippen molar-refractivity contribution in [1.82, 2.24) is 0 Å². The van der Waals surface area contributed by atoms with Crippen LogP contribution in [0.1, 0.15) is 25.0 Å². The topological polar surface area (TPSA) is 3.01 Å². The van der Waals surface area contributed by atoms with Crippen LogP contribution in [0, 0.1) is 0 Å². The van der Waals surface area contributed by atoms with E-state index >= 15 is 0 Å². The SMILES string of the molecule is C[N+]1=C(/C=C\c2ccc(Cl)cc2)C(C)(C)c2ccccc21. The number of hydrogen-bond donors (Lipinski definition) is 0. The Bertz CT molecular complexity index is 736. The zero-order valence-electron chi connectivity index (χ0n) is 12.6. The van der Waals surface area contributed by atoms with Crippen LogP contribution in [0.4, 0.5) is 5.69 Å². The van der Waals surface area contributed by atoms with Gasteiger partial charge in [0, 0.05) is 22.7 Å². The van der Waals surface area contributed by atoms with Crippen LogP contribution in [-0.4, -0.2) is 17.3 Å². The highest BCUT2D eigenvalue weighted by molar-refractivity contribution is 6.30. The molecule has 3 rings (SSSR count). The molecule has 0 saturated carbocycles. The zero-order valence-corrected chi connectivity index (χ0v) is 13.4. The van der Waals surface area contributed by atoms with E-state index in [2.05, 4.69) is 61.9 Å². The monoisotopic (exact) mass is 296 g/mol. The summed E-state index contributed by atoms with van der Waals surface area (Å²) >= 11 is 5.93. The van der Waals surface area contributed by atoms with E-state index in [1.807, 2.05) is 24.3 Å². The summed E-state index contributed by atoms with van der Waals surface area (Å²) < 4.78 is 2.28. The molecule has 0 fully saturated rings. The molecular formula is C19H19ClN+. The number of fused-ring (bicyclic) bond motifs is 1. The molecule has 0 aromatic heterocycles. The molecule has 2 aromatic rings. The molecule has 0 bridgehead atoms. The standard InChI is InChI=1S/C19H19ClN/c1-19(2)16-6-4-5-7-17(16)21(3)18(19)13-10-14-8-11-15(20)12-9-14/h4-13H,1-3H3/q+1/b13-10-. The molecule has 0 spiro atoms. The number of hydrogen-bond acceptors (Lipinski definition) is 0. The van der Waals surface area contributed by atoms with Crippen molar-refractivity contribution in [3.05, 3.63) is 70.8 Å². The maximum atomic E-state index is 5.93. The third-order valence-electron chi connectivity index (χ3n) is 4.24. The lowest BCUT2D eigenvalue weighted by atomic mass is 9.81. The van der Waals surface area contributed by atoms with E-state index in [0.29, 0.717) is 0 Å². The maximum Gasteiger partial charge on any atom is 0.209 e. The second kappa shape index (κ2) is 5.16. The Morgan fingerprint density at radius 3 is 2.29 bits per heavy atom. The Kier molecular flexibility index (Phi) is 3.46. The molecule has 21 heavy (non-hydrogen) atoms. The summed E-state index contributed by atoms with van der Waals surface area (Å²) in [6.07, 6.45) is 4.36. The number of para-hydroxylation sites is 1. The fourth-order valence-electron chi connectivity index (χ4n) is 3.05. The van der Waals surface area contributed by atoms with E-state index in [4.69, 9.17) is 11.6 Å². The van der Waals surface area contributed by atoms with Crippen LogP contribution in [0.25, 0.3) is 6.08 Å². The van der Waals surface area contributed by atoms with Crippen LogP contribution in [0.5, 0.6) is 0 Å². The average molecular weight is 297 g/mol. The van der Waals surface area contributed by atoms with Crippen molar-refractivity contribution in [3.8, 4) is 0 Å². The summed E-state index contributed by atoms with van der Waals surface area (Å²) in [6, 6.07) is 16.5. The molecule has 0 saturated heterocycles. The molecule has 0 amide bonds. The van der Waals surface area contributed by atoms with E-state index in [0.717, 1.165) is 10.6 Å². The highest BCUT2D eigenvalue weighted by Crippen LogP contribution is 2.39. The number of rotatable bonds is 2. The molecular weight excluding hydrogens is 278 g/mol. The summed E-state index contributed by atoms with van der Waals surface area (Å²) in [7, 11) is 2.13. The van der Waals surface area contributed by atoms with E-state index in [1.54, 1.807) is 0 Å². The predicted octanol–water partition coefficient (Wildman–Crippen LogP) is 5.06. The van der Waals surface area contributed by atoms with Crippen molar-refractivity contribution in [1.29, 1.82) is 0 Å². The molecule has 0 aliphatic carbocycles. The summed E-state index contributed by atoms with van der Waals surface area (Å²) in [5, 5.41) is 0.769. The molecule has 0 atom stereocenters. The second-order valence-electron chi connectivity index (χ2n) is 5.97. The van der Waals surface area contributed by atoms with Crippen molar-refractivity contribution in [2.24, 2.45) is 0 Å². The van der Waals surface area contributed by atoms with Gasteiger partial charge in [0.1, 0.15) is 7.05 Å². The van der Waals surface area contributed by atoms with Gasteiger partial charge >= 0.3 is 0 Å². The Hall–Kier alpha value is -1.86. The largest absolute Gasteiger partial charge is 0.209 e. The zero-order chi connectivity index (χ0) is 15.0. The van der Waals surface area contributed by atoms with Gasteiger partial charge in [-0.2, -0.15) is 4.58 Å². The fraction of sp³-hybridized carbons (Fsp3) is 0.211. The summed E-state index contributed by atoms with van der Waals surface area (Å²) in [4.78, 5) is 0. The lowest BCUT2D eigenvalue weighted by Gasteiger charge is -2.15. The molecule has 0 unspecified atom stereocenters. The smallest absolute Gasteiger partial charge is 0.198 e. The second-order valence-corrected chi connectivity index (χ2v) is 6.41. The first-order chi connectivity index (χ1) is 10.00.